The van der Waals surface area contributed by atoms with Gasteiger partial charge in [-0.15, -0.1) is 0 Å². The summed E-state index contributed by atoms with van der Waals surface area (Å²) in [6, 6.07) is 1.96. The highest BCUT2D eigenvalue weighted by molar-refractivity contribution is 6.54. The average molecular weight is 260 g/mol. The molecule has 1 aliphatic rings. The Bertz CT molecular complexity index is 468. The monoisotopic (exact) mass is 260 g/mol. The van der Waals surface area contributed by atoms with E-state index in [1.807, 2.05) is 40.7 Å². The van der Waals surface area contributed by atoms with Crippen molar-refractivity contribution in [1.29, 1.82) is 5.26 Å². The molecule has 0 bridgehead atoms. The van der Waals surface area contributed by atoms with E-state index in [0.717, 1.165) is 5.47 Å². The number of hydrogen-bond donors (Lipinski definition) is 0. The molecule has 19 heavy (non-hydrogen) atoms. The van der Waals surface area contributed by atoms with Gasteiger partial charge in [0.2, 0.25) is 0 Å². The molecule has 0 amide bonds. The van der Waals surface area contributed by atoms with E-state index in [-0.39, 0.29) is 11.2 Å². The van der Waals surface area contributed by atoms with Crippen molar-refractivity contribution in [3.63, 3.8) is 0 Å². The van der Waals surface area contributed by atoms with Crippen molar-refractivity contribution < 1.29 is 9.31 Å². The second kappa shape index (κ2) is 5.32. The highest BCUT2D eigenvalue weighted by atomic mass is 16.7. The van der Waals surface area contributed by atoms with Crippen molar-refractivity contribution in [2.45, 2.75) is 52.7 Å². The van der Waals surface area contributed by atoms with Crippen LogP contribution in [-0.2, 0) is 9.31 Å². The SMILES string of the molecule is C=C(/C=C(\C)B1OC(C)(C)C(C)(C)O1)N=C(C)C#N. The largest absolute Gasteiger partial charge is 0.490 e. The Balaban J connectivity index is 2.84. The summed E-state index contributed by atoms with van der Waals surface area (Å²) in [5, 5.41) is 8.67. The van der Waals surface area contributed by atoms with Crippen LogP contribution in [0, 0.1) is 11.3 Å². The number of rotatable bonds is 3. The fourth-order valence-corrected chi connectivity index (χ4v) is 1.63. The van der Waals surface area contributed by atoms with Gasteiger partial charge in [-0.1, -0.05) is 6.58 Å². The fraction of sp³-hybridized carbons (Fsp3) is 0.571. The van der Waals surface area contributed by atoms with Crippen LogP contribution in [0.3, 0.4) is 0 Å². The molecule has 0 aliphatic carbocycles. The van der Waals surface area contributed by atoms with Gasteiger partial charge in [0.25, 0.3) is 0 Å². The van der Waals surface area contributed by atoms with E-state index < -0.39 is 7.12 Å². The zero-order valence-electron chi connectivity index (χ0n) is 12.6. The Hall–Kier alpha value is -1.38. The maximum atomic E-state index is 8.67. The van der Waals surface area contributed by atoms with Crippen LogP contribution in [-0.4, -0.2) is 24.0 Å². The molecule has 1 fully saturated rings. The van der Waals surface area contributed by atoms with E-state index in [2.05, 4.69) is 11.6 Å². The zero-order chi connectivity index (χ0) is 14.8. The van der Waals surface area contributed by atoms with Crippen LogP contribution in [0.4, 0.5) is 0 Å². The lowest BCUT2D eigenvalue weighted by molar-refractivity contribution is 0.00578. The van der Waals surface area contributed by atoms with Crippen LogP contribution in [0.15, 0.2) is 28.8 Å². The van der Waals surface area contributed by atoms with Gasteiger partial charge in [-0.3, -0.25) is 0 Å². The summed E-state index contributed by atoms with van der Waals surface area (Å²) in [4.78, 5) is 4.05. The third kappa shape index (κ3) is 3.56. The van der Waals surface area contributed by atoms with Crippen molar-refractivity contribution in [2.75, 3.05) is 0 Å². The molecule has 0 aromatic carbocycles. The van der Waals surface area contributed by atoms with Crippen LogP contribution >= 0.6 is 0 Å². The lowest BCUT2D eigenvalue weighted by Gasteiger charge is -2.32. The molecule has 0 saturated carbocycles. The molecule has 0 aromatic heterocycles. The third-order valence-corrected chi connectivity index (χ3v) is 3.49. The van der Waals surface area contributed by atoms with Gasteiger partial charge in [-0.25, -0.2) is 4.99 Å². The van der Waals surface area contributed by atoms with Crippen molar-refractivity contribution in [2.24, 2.45) is 4.99 Å². The summed E-state index contributed by atoms with van der Waals surface area (Å²) >= 11 is 0. The first-order valence-corrected chi connectivity index (χ1v) is 6.27. The van der Waals surface area contributed by atoms with Crippen LogP contribution < -0.4 is 0 Å². The first kappa shape index (κ1) is 15.7. The molecule has 1 rings (SSSR count). The number of allylic oxidation sites excluding steroid dienone is 2. The van der Waals surface area contributed by atoms with Gasteiger partial charge in [0, 0.05) is 0 Å². The van der Waals surface area contributed by atoms with Gasteiger partial charge < -0.3 is 9.31 Å². The van der Waals surface area contributed by atoms with Gasteiger partial charge >= 0.3 is 7.12 Å². The minimum atomic E-state index is -0.403. The summed E-state index contributed by atoms with van der Waals surface area (Å²) in [6.07, 6.45) is 1.78. The molecular formula is C14H21BN2O2. The van der Waals surface area contributed by atoms with E-state index in [9.17, 15) is 0 Å². The molecule has 0 atom stereocenters. The topological polar surface area (TPSA) is 54.6 Å². The average Bonchev–Trinajstić information content (AvgIpc) is 2.47. The fourth-order valence-electron chi connectivity index (χ4n) is 1.63. The Morgan fingerprint density at radius 3 is 2.11 bits per heavy atom. The maximum Gasteiger partial charge on any atom is 0.490 e. The summed E-state index contributed by atoms with van der Waals surface area (Å²) in [6.45, 7) is 15.4. The minimum Gasteiger partial charge on any atom is -0.400 e. The number of hydrogen-bond acceptors (Lipinski definition) is 4. The highest BCUT2D eigenvalue weighted by Crippen LogP contribution is 2.38. The van der Waals surface area contributed by atoms with Crippen LogP contribution in [0.25, 0.3) is 0 Å². The van der Waals surface area contributed by atoms with Gasteiger partial charge in [0.05, 0.1) is 16.9 Å². The van der Waals surface area contributed by atoms with Crippen LogP contribution in [0.1, 0.15) is 41.5 Å². The van der Waals surface area contributed by atoms with Gasteiger partial charge in [-0.2, -0.15) is 5.26 Å². The lowest BCUT2D eigenvalue weighted by Crippen LogP contribution is -2.41. The van der Waals surface area contributed by atoms with Crippen molar-refractivity contribution >= 4 is 12.8 Å². The summed E-state index contributed by atoms with van der Waals surface area (Å²) < 4.78 is 11.8. The van der Waals surface area contributed by atoms with E-state index in [4.69, 9.17) is 14.6 Å². The molecule has 1 heterocycles. The molecule has 102 valence electrons. The van der Waals surface area contributed by atoms with Crippen molar-refractivity contribution in [1.82, 2.24) is 0 Å². The quantitative estimate of drug-likeness (QED) is 0.445. The van der Waals surface area contributed by atoms with E-state index >= 15 is 0 Å². The van der Waals surface area contributed by atoms with E-state index in [0.29, 0.717) is 11.4 Å². The smallest absolute Gasteiger partial charge is 0.400 e. The Morgan fingerprint density at radius 1 is 1.21 bits per heavy atom. The Kier molecular flexibility index (Phi) is 4.39. The maximum absolute atomic E-state index is 8.67. The zero-order valence-corrected chi connectivity index (χ0v) is 12.6. The lowest BCUT2D eigenvalue weighted by atomic mass is 9.79. The van der Waals surface area contributed by atoms with Gasteiger partial charge in [-0.05, 0) is 53.1 Å². The molecule has 4 nitrogen and oxygen atoms in total. The molecule has 0 N–H and O–H groups in total. The molecule has 0 spiro atoms. The molecular weight excluding hydrogens is 239 g/mol. The molecule has 0 aromatic rings. The number of aliphatic imine (C=N–C) groups is 1. The summed E-state index contributed by atoms with van der Waals surface area (Å²) in [5.74, 6) is 0. The first-order chi connectivity index (χ1) is 8.59. The normalized spacial score (nSPS) is 22.3. The summed E-state index contributed by atoms with van der Waals surface area (Å²) in [5.41, 5.74) is 1.06. The minimum absolute atomic E-state index is 0.361. The van der Waals surface area contributed by atoms with Crippen molar-refractivity contribution in [3.8, 4) is 6.07 Å². The van der Waals surface area contributed by atoms with Crippen LogP contribution in [0.2, 0.25) is 0 Å². The van der Waals surface area contributed by atoms with Gasteiger partial charge in [0.1, 0.15) is 11.8 Å². The Labute approximate surface area is 116 Å². The molecule has 1 saturated heterocycles. The summed E-state index contributed by atoms with van der Waals surface area (Å²) in [7, 11) is -0.403. The highest BCUT2D eigenvalue weighted by Gasteiger charge is 2.51. The number of nitriles is 1. The second-order valence-corrected chi connectivity index (χ2v) is 5.78. The predicted molar refractivity (Wildman–Crippen MR) is 77.7 cm³/mol. The van der Waals surface area contributed by atoms with Crippen molar-refractivity contribution in [3.05, 3.63) is 23.8 Å². The third-order valence-electron chi connectivity index (χ3n) is 3.49. The van der Waals surface area contributed by atoms with Gasteiger partial charge in [0.15, 0.2) is 0 Å². The molecule has 5 heteroatoms. The van der Waals surface area contributed by atoms with Crippen LogP contribution in [0.5, 0.6) is 0 Å². The predicted octanol–water partition coefficient (Wildman–Crippen LogP) is 3.06. The van der Waals surface area contributed by atoms with E-state index in [1.165, 1.54) is 0 Å². The Morgan fingerprint density at radius 2 is 1.68 bits per heavy atom. The number of nitrogens with zero attached hydrogens (tertiary/aromatic N) is 2. The molecule has 0 radical (unpaired) electrons. The van der Waals surface area contributed by atoms with E-state index in [1.54, 1.807) is 13.0 Å². The standard InChI is InChI=1S/C14H21BN2O2/c1-10(8-11(2)17-12(3)9-16)15-18-13(4,5)14(6,7)19-15/h8H,2H2,1,3-7H3/b10-8+,17-12?. The molecule has 1 aliphatic heterocycles. The molecule has 0 unspecified atom stereocenters. The first-order valence-electron chi connectivity index (χ1n) is 6.27. The second-order valence-electron chi connectivity index (χ2n) is 5.78.